The van der Waals surface area contributed by atoms with Gasteiger partial charge in [-0.2, -0.15) is 0 Å². The predicted molar refractivity (Wildman–Crippen MR) is 66.5 cm³/mol. The highest BCUT2D eigenvalue weighted by Gasteiger charge is 2.20. The summed E-state index contributed by atoms with van der Waals surface area (Å²) in [4.78, 5) is 22.4. The molecule has 0 heterocycles. The van der Waals surface area contributed by atoms with Gasteiger partial charge in [-0.1, -0.05) is 27.2 Å². The molecule has 0 radical (unpaired) electrons. The van der Waals surface area contributed by atoms with E-state index in [1.807, 2.05) is 20.8 Å². The average Bonchev–Trinajstić information content (AvgIpc) is 2.22. The SMILES string of the molecule is CCCC(CNC(=O)[C@H](N)CC(C)C)C(=O)O. The Morgan fingerprint density at radius 1 is 1.35 bits per heavy atom. The van der Waals surface area contributed by atoms with Crippen molar-refractivity contribution in [2.45, 2.75) is 46.1 Å². The number of nitrogens with two attached hydrogens (primary N) is 1. The molecule has 17 heavy (non-hydrogen) atoms. The molecular weight excluding hydrogens is 220 g/mol. The first-order valence-corrected chi connectivity index (χ1v) is 6.14. The summed E-state index contributed by atoms with van der Waals surface area (Å²) in [6.07, 6.45) is 1.96. The van der Waals surface area contributed by atoms with Crippen molar-refractivity contribution in [1.29, 1.82) is 0 Å². The highest BCUT2D eigenvalue weighted by atomic mass is 16.4. The van der Waals surface area contributed by atoms with Gasteiger partial charge in [-0.05, 0) is 18.8 Å². The van der Waals surface area contributed by atoms with Crippen LogP contribution in [0.15, 0.2) is 0 Å². The van der Waals surface area contributed by atoms with E-state index >= 15 is 0 Å². The summed E-state index contributed by atoms with van der Waals surface area (Å²) in [6, 6.07) is -0.550. The van der Waals surface area contributed by atoms with Gasteiger partial charge in [0.2, 0.25) is 5.91 Å². The molecule has 0 aliphatic heterocycles. The fourth-order valence-electron chi connectivity index (χ4n) is 1.63. The largest absolute Gasteiger partial charge is 0.481 e. The Morgan fingerprint density at radius 3 is 2.35 bits per heavy atom. The second-order valence-corrected chi connectivity index (χ2v) is 4.81. The van der Waals surface area contributed by atoms with E-state index in [4.69, 9.17) is 10.8 Å². The maximum absolute atomic E-state index is 11.6. The summed E-state index contributed by atoms with van der Waals surface area (Å²) in [7, 11) is 0. The van der Waals surface area contributed by atoms with Crippen molar-refractivity contribution in [2.75, 3.05) is 6.54 Å². The zero-order chi connectivity index (χ0) is 13.4. The highest BCUT2D eigenvalue weighted by Crippen LogP contribution is 2.06. The first-order chi connectivity index (χ1) is 7.88. The molecule has 0 aromatic heterocycles. The van der Waals surface area contributed by atoms with E-state index in [-0.39, 0.29) is 12.5 Å². The molecule has 4 N–H and O–H groups in total. The van der Waals surface area contributed by atoms with E-state index in [0.717, 1.165) is 6.42 Å². The second-order valence-electron chi connectivity index (χ2n) is 4.81. The quantitative estimate of drug-likeness (QED) is 0.593. The number of rotatable bonds is 8. The molecule has 0 aromatic rings. The van der Waals surface area contributed by atoms with E-state index in [1.165, 1.54) is 0 Å². The molecule has 0 saturated carbocycles. The minimum absolute atomic E-state index is 0.161. The molecule has 0 rings (SSSR count). The van der Waals surface area contributed by atoms with E-state index in [1.54, 1.807) is 0 Å². The molecule has 1 unspecified atom stereocenters. The van der Waals surface area contributed by atoms with Crippen molar-refractivity contribution in [3.05, 3.63) is 0 Å². The summed E-state index contributed by atoms with van der Waals surface area (Å²) < 4.78 is 0. The molecule has 100 valence electrons. The van der Waals surface area contributed by atoms with Crippen LogP contribution in [0.2, 0.25) is 0 Å². The Kier molecular flexibility index (Phi) is 7.54. The molecule has 5 heteroatoms. The van der Waals surface area contributed by atoms with Crippen LogP contribution in [0.25, 0.3) is 0 Å². The topological polar surface area (TPSA) is 92.4 Å². The standard InChI is InChI=1S/C12H24N2O3/c1-4-5-9(12(16)17)7-14-11(15)10(13)6-8(2)3/h8-10H,4-7,13H2,1-3H3,(H,14,15)(H,16,17)/t9?,10-/m1/s1. The molecule has 1 amide bonds. The Balaban J connectivity index is 4.07. The molecule has 0 aliphatic rings. The highest BCUT2D eigenvalue weighted by molar-refractivity contribution is 5.82. The van der Waals surface area contributed by atoms with Crippen molar-refractivity contribution in [3.8, 4) is 0 Å². The van der Waals surface area contributed by atoms with Gasteiger partial charge in [0.15, 0.2) is 0 Å². The Bertz CT molecular complexity index is 254. The summed E-state index contributed by atoms with van der Waals surface area (Å²) in [5.74, 6) is -1.30. The smallest absolute Gasteiger partial charge is 0.308 e. The van der Waals surface area contributed by atoms with E-state index in [9.17, 15) is 9.59 Å². The fraction of sp³-hybridized carbons (Fsp3) is 0.833. The van der Waals surface area contributed by atoms with Crippen molar-refractivity contribution in [1.82, 2.24) is 5.32 Å². The van der Waals surface area contributed by atoms with Gasteiger partial charge in [0, 0.05) is 6.54 Å². The van der Waals surface area contributed by atoms with Gasteiger partial charge < -0.3 is 16.2 Å². The van der Waals surface area contributed by atoms with Gasteiger partial charge in [-0.15, -0.1) is 0 Å². The lowest BCUT2D eigenvalue weighted by Crippen LogP contribution is -2.44. The van der Waals surface area contributed by atoms with E-state index in [0.29, 0.717) is 18.8 Å². The zero-order valence-electron chi connectivity index (χ0n) is 10.9. The van der Waals surface area contributed by atoms with Crippen LogP contribution in [0.3, 0.4) is 0 Å². The van der Waals surface area contributed by atoms with Crippen LogP contribution in [-0.4, -0.2) is 29.6 Å². The lowest BCUT2D eigenvalue weighted by molar-refractivity contribution is -0.142. The summed E-state index contributed by atoms with van der Waals surface area (Å²) in [5, 5.41) is 11.5. The molecule has 0 fully saturated rings. The fourth-order valence-corrected chi connectivity index (χ4v) is 1.63. The van der Waals surface area contributed by atoms with Gasteiger partial charge in [-0.3, -0.25) is 9.59 Å². The number of amides is 1. The summed E-state index contributed by atoms with van der Waals surface area (Å²) in [6.45, 7) is 6.06. The molecular formula is C12H24N2O3. The Labute approximate surface area is 103 Å². The molecule has 0 spiro atoms. The van der Waals surface area contributed by atoms with Gasteiger partial charge in [0.25, 0.3) is 0 Å². The number of nitrogens with one attached hydrogen (secondary N) is 1. The average molecular weight is 244 g/mol. The third-order valence-corrected chi connectivity index (χ3v) is 2.57. The van der Waals surface area contributed by atoms with Crippen LogP contribution >= 0.6 is 0 Å². The van der Waals surface area contributed by atoms with Crippen LogP contribution in [0, 0.1) is 11.8 Å². The zero-order valence-corrected chi connectivity index (χ0v) is 10.9. The number of carbonyl (C=O) groups excluding carboxylic acids is 1. The Hall–Kier alpha value is -1.10. The van der Waals surface area contributed by atoms with Crippen molar-refractivity contribution < 1.29 is 14.7 Å². The number of carbonyl (C=O) groups is 2. The maximum atomic E-state index is 11.6. The number of carboxylic acids is 1. The number of hydrogen-bond donors (Lipinski definition) is 3. The minimum atomic E-state index is -0.871. The number of hydrogen-bond acceptors (Lipinski definition) is 3. The second kappa shape index (κ2) is 8.06. The molecule has 0 aromatic carbocycles. The van der Waals surface area contributed by atoms with Crippen LogP contribution in [0.1, 0.15) is 40.0 Å². The molecule has 2 atom stereocenters. The third kappa shape index (κ3) is 6.94. The van der Waals surface area contributed by atoms with Crippen molar-refractivity contribution >= 4 is 11.9 Å². The lowest BCUT2D eigenvalue weighted by atomic mass is 10.0. The Morgan fingerprint density at radius 2 is 1.94 bits per heavy atom. The van der Waals surface area contributed by atoms with E-state index in [2.05, 4.69) is 5.32 Å². The lowest BCUT2D eigenvalue weighted by Gasteiger charge is -2.16. The molecule has 0 aliphatic carbocycles. The minimum Gasteiger partial charge on any atom is -0.481 e. The number of carboxylic acid groups (broad SMARTS) is 1. The van der Waals surface area contributed by atoms with Crippen molar-refractivity contribution in [2.24, 2.45) is 17.6 Å². The molecule has 5 nitrogen and oxygen atoms in total. The molecule has 0 saturated heterocycles. The van der Waals surface area contributed by atoms with Crippen LogP contribution in [0.5, 0.6) is 0 Å². The molecule has 0 bridgehead atoms. The van der Waals surface area contributed by atoms with Crippen LogP contribution in [0.4, 0.5) is 0 Å². The van der Waals surface area contributed by atoms with Crippen LogP contribution < -0.4 is 11.1 Å². The van der Waals surface area contributed by atoms with Crippen molar-refractivity contribution in [3.63, 3.8) is 0 Å². The number of aliphatic carboxylic acids is 1. The first kappa shape index (κ1) is 15.9. The van der Waals surface area contributed by atoms with Gasteiger partial charge in [-0.25, -0.2) is 0 Å². The van der Waals surface area contributed by atoms with Gasteiger partial charge in [0.1, 0.15) is 0 Å². The predicted octanol–water partition coefficient (Wildman–Crippen LogP) is 0.977. The maximum Gasteiger partial charge on any atom is 0.308 e. The van der Waals surface area contributed by atoms with E-state index < -0.39 is 17.9 Å². The normalized spacial score (nSPS) is 14.4. The first-order valence-electron chi connectivity index (χ1n) is 6.14. The summed E-state index contributed by atoms with van der Waals surface area (Å²) >= 11 is 0. The van der Waals surface area contributed by atoms with Gasteiger partial charge >= 0.3 is 5.97 Å². The van der Waals surface area contributed by atoms with Crippen LogP contribution in [-0.2, 0) is 9.59 Å². The van der Waals surface area contributed by atoms with Gasteiger partial charge in [0.05, 0.1) is 12.0 Å². The monoisotopic (exact) mass is 244 g/mol. The third-order valence-electron chi connectivity index (χ3n) is 2.57. The summed E-state index contributed by atoms with van der Waals surface area (Å²) in [5.41, 5.74) is 5.69.